The van der Waals surface area contributed by atoms with Gasteiger partial charge in [0.05, 0.1) is 18.7 Å². The number of carbonyl (C=O) groups is 2. The van der Waals surface area contributed by atoms with Gasteiger partial charge in [0.1, 0.15) is 11.5 Å². The third kappa shape index (κ3) is 3.27. The van der Waals surface area contributed by atoms with Gasteiger partial charge in [0.15, 0.2) is 0 Å². The predicted octanol–water partition coefficient (Wildman–Crippen LogP) is 5.42. The number of rotatable bonds is 4. The molecule has 0 spiro atoms. The molecule has 1 aromatic heterocycles. The van der Waals surface area contributed by atoms with Gasteiger partial charge in [-0.3, -0.25) is 14.5 Å². The standard InChI is InChI=1S/C28H24N2O4/c1-16-12-13-22(17(2)14-16)30-25(19-9-5-7-11-23(19)34-3)24(27(32)28(30)33)26(31)20-15-29-21-10-6-4-8-18(20)21/h4-15,25,29,31H,1-3H3/b26-24+. The average molecular weight is 453 g/mol. The Balaban J connectivity index is 1.80. The van der Waals surface area contributed by atoms with Crippen LogP contribution in [0.4, 0.5) is 5.69 Å². The number of hydrogen-bond acceptors (Lipinski definition) is 4. The number of para-hydroxylation sites is 2. The van der Waals surface area contributed by atoms with Gasteiger partial charge >= 0.3 is 0 Å². The van der Waals surface area contributed by atoms with Gasteiger partial charge in [-0.1, -0.05) is 54.1 Å². The summed E-state index contributed by atoms with van der Waals surface area (Å²) in [6.07, 6.45) is 1.66. The molecule has 0 aliphatic carbocycles. The van der Waals surface area contributed by atoms with Crippen LogP contribution in [0, 0.1) is 13.8 Å². The summed E-state index contributed by atoms with van der Waals surface area (Å²) in [6.45, 7) is 3.88. The number of benzene rings is 3. The SMILES string of the molecule is COc1ccccc1C1/C(=C(\O)c2c[nH]c3ccccc23)C(=O)C(=O)N1c1ccc(C)cc1C. The van der Waals surface area contributed by atoms with Crippen molar-refractivity contribution in [3.8, 4) is 5.75 Å². The first-order valence-electron chi connectivity index (χ1n) is 11.0. The van der Waals surface area contributed by atoms with E-state index in [4.69, 9.17) is 4.74 Å². The van der Waals surface area contributed by atoms with Crippen molar-refractivity contribution in [3.05, 3.63) is 101 Å². The number of aliphatic hydroxyl groups is 1. The van der Waals surface area contributed by atoms with Crippen molar-refractivity contribution < 1.29 is 19.4 Å². The Morgan fingerprint density at radius 1 is 1.00 bits per heavy atom. The minimum Gasteiger partial charge on any atom is -0.507 e. The fraction of sp³-hybridized carbons (Fsp3) is 0.143. The maximum Gasteiger partial charge on any atom is 0.300 e. The maximum absolute atomic E-state index is 13.5. The zero-order valence-electron chi connectivity index (χ0n) is 19.1. The number of aryl methyl sites for hydroxylation is 2. The highest BCUT2D eigenvalue weighted by Gasteiger charge is 2.48. The number of anilines is 1. The van der Waals surface area contributed by atoms with E-state index in [-0.39, 0.29) is 11.3 Å². The summed E-state index contributed by atoms with van der Waals surface area (Å²) >= 11 is 0. The lowest BCUT2D eigenvalue weighted by atomic mass is 9.94. The Bertz CT molecular complexity index is 1480. The summed E-state index contributed by atoms with van der Waals surface area (Å²) < 4.78 is 5.59. The number of H-pyrrole nitrogens is 1. The van der Waals surface area contributed by atoms with E-state index in [1.54, 1.807) is 19.4 Å². The van der Waals surface area contributed by atoms with Crippen molar-refractivity contribution in [2.45, 2.75) is 19.9 Å². The number of hydrogen-bond donors (Lipinski definition) is 2. The molecular weight excluding hydrogens is 428 g/mol. The second-order valence-corrected chi connectivity index (χ2v) is 8.45. The van der Waals surface area contributed by atoms with E-state index >= 15 is 0 Å². The number of fused-ring (bicyclic) bond motifs is 1. The molecule has 0 bridgehead atoms. The number of aromatic amines is 1. The Kier molecular flexibility index (Phi) is 5.21. The Labute approximate surface area is 197 Å². The van der Waals surface area contributed by atoms with Gasteiger partial charge in [-0.15, -0.1) is 0 Å². The van der Waals surface area contributed by atoms with Gasteiger partial charge in [-0.25, -0.2) is 0 Å². The lowest BCUT2D eigenvalue weighted by molar-refractivity contribution is -0.132. The molecule has 1 fully saturated rings. The van der Waals surface area contributed by atoms with Crippen LogP contribution in [0.5, 0.6) is 5.75 Å². The molecule has 1 atom stereocenters. The van der Waals surface area contributed by atoms with Gasteiger partial charge in [0.2, 0.25) is 0 Å². The summed E-state index contributed by atoms with van der Waals surface area (Å²) in [4.78, 5) is 31.5. The van der Waals surface area contributed by atoms with Crippen LogP contribution >= 0.6 is 0 Å². The summed E-state index contributed by atoms with van der Waals surface area (Å²) in [5, 5.41) is 12.2. The molecule has 6 heteroatoms. The fourth-order valence-electron chi connectivity index (χ4n) is 4.76. The van der Waals surface area contributed by atoms with Crippen LogP contribution in [0.15, 0.2) is 78.5 Å². The number of methoxy groups -OCH3 is 1. The van der Waals surface area contributed by atoms with Crippen molar-refractivity contribution >= 4 is 34.0 Å². The fourth-order valence-corrected chi connectivity index (χ4v) is 4.76. The predicted molar refractivity (Wildman–Crippen MR) is 132 cm³/mol. The number of ketones is 1. The van der Waals surface area contributed by atoms with Crippen LogP contribution in [0.1, 0.15) is 28.3 Å². The first-order chi connectivity index (χ1) is 16.4. The molecule has 1 amide bonds. The van der Waals surface area contributed by atoms with E-state index in [0.29, 0.717) is 22.6 Å². The van der Waals surface area contributed by atoms with Crippen LogP contribution < -0.4 is 9.64 Å². The maximum atomic E-state index is 13.5. The van der Waals surface area contributed by atoms with Gasteiger partial charge in [0, 0.05) is 33.9 Å². The molecule has 34 heavy (non-hydrogen) atoms. The highest BCUT2D eigenvalue weighted by molar-refractivity contribution is 6.52. The van der Waals surface area contributed by atoms with Crippen molar-refractivity contribution in [2.24, 2.45) is 0 Å². The second-order valence-electron chi connectivity index (χ2n) is 8.45. The third-order valence-electron chi connectivity index (χ3n) is 6.33. The minimum absolute atomic E-state index is 0.0271. The third-order valence-corrected chi connectivity index (χ3v) is 6.33. The van der Waals surface area contributed by atoms with E-state index in [2.05, 4.69) is 4.98 Å². The number of carbonyl (C=O) groups excluding carboxylic acids is 2. The zero-order chi connectivity index (χ0) is 24.0. The first-order valence-corrected chi connectivity index (χ1v) is 11.0. The smallest absolute Gasteiger partial charge is 0.300 e. The second kappa shape index (κ2) is 8.23. The molecule has 1 saturated heterocycles. The van der Waals surface area contributed by atoms with E-state index < -0.39 is 17.7 Å². The number of aliphatic hydroxyl groups excluding tert-OH is 1. The molecule has 0 radical (unpaired) electrons. The van der Waals surface area contributed by atoms with E-state index in [1.165, 1.54) is 4.90 Å². The zero-order valence-corrected chi connectivity index (χ0v) is 19.1. The number of nitrogens with one attached hydrogen (secondary N) is 1. The van der Waals surface area contributed by atoms with Crippen molar-refractivity contribution in [3.63, 3.8) is 0 Å². The molecule has 1 aliphatic rings. The van der Waals surface area contributed by atoms with Crippen molar-refractivity contribution in [2.75, 3.05) is 12.0 Å². The number of aromatic nitrogens is 1. The van der Waals surface area contributed by atoms with Crippen LogP contribution in [0.25, 0.3) is 16.7 Å². The van der Waals surface area contributed by atoms with Gasteiger partial charge < -0.3 is 14.8 Å². The van der Waals surface area contributed by atoms with E-state index in [9.17, 15) is 14.7 Å². The van der Waals surface area contributed by atoms with Crippen LogP contribution in [-0.4, -0.2) is 28.9 Å². The number of Topliss-reactive ketones (excluding diaryl/α,β-unsaturated/α-hetero) is 1. The normalized spacial score (nSPS) is 17.5. The Morgan fingerprint density at radius 3 is 2.50 bits per heavy atom. The molecule has 3 aromatic carbocycles. The molecule has 170 valence electrons. The van der Waals surface area contributed by atoms with Crippen LogP contribution in [-0.2, 0) is 9.59 Å². The number of nitrogens with zero attached hydrogens (tertiary/aromatic N) is 1. The monoisotopic (exact) mass is 452 g/mol. The summed E-state index contributed by atoms with van der Waals surface area (Å²) in [5.41, 5.74) is 4.45. The molecule has 5 rings (SSSR count). The molecule has 1 aliphatic heterocycles. The van der Waals surface area contributed by atoms with Gasteiger partial charge in [-0.05, 0) is 37.6 Å². The van der Waals surface area contributed by atoms with E-state index in [1.807, 2.05) is 74.5 Å². The highest BCUT2D eigenvalue weighted by atomic mass is 16.5. The van der Waals surface area contributed by atoms with Crippen molar-refractivity contribution in [1.29, 1.82) is 0 Å². The highest BCUT2D eigenvalue weighted by Crippen LogP contribution is 2.46. The Hall–Kier alpha value is -4.32. The molecule has 6 nitrogen and oxygen atoms in total. The topological polar surface area (TPSA) is 82.6 Å². The summed E-state index contributed by atoms with van der Waals surface area (Å²) in [6, 6.07) is 19.6. The Morgan fingerprint density at radius 2 is 1.74 bits per heavy atom. The van der Waals surface area contributed by atoms with Crippen molar-refractivity contribution in [1.82, 2.24) is 4.98 Å². The average Bonchev–Trinajstić information content (AvgIpc) is 3.38. The van der Waals surface area contributed by atoms with E-state index in [0.717, 1.165) is 22.0 Å². The minimum atomic E-state index is -0.855. The molecule has 4 aromatic rings. The quantitative estimate of drug-likeness (QED) is 0.246. The number of amides is 1. The summed E-state index contributed by atoms with van der Waals surface area (Å²) in [5.74, 6) is -1.13. The molecule has 1 unspecified atom stereocenters. The van der Waals surface area contributed by atoms with Gasteiger partial charge in [-0.2, -0.15) is 0 Å². The number of ether oxygens (including phenoxy) is 1. The van der Waals surface area contributed by atoms with Crippen LogP contribution in [0.3, 0.4) is 0 Å². The lowest BCUT2D eigenvalue weighted by Gasteiger charge is -2.28. The molecule has 2 heterocycles. The van der Waals surface area contributed by atoms with Crippen LogP contribution in [0.2, 0.25) is 0 Å². The van der Waals surface area contributed by atoms with Gasteiger partial charge in [0.25, 0.3) is 11.7 Å². The lowest BCUT2D eigenvalue weighted by Crippen LogP contribution is -2.30. The first kappa shape index (κ1) is 21.5. The molecule has 2 N–H and O–H groups in total. The largest absolute Gasteiger partial charge is 0.507 e. The molecule has 0 saturated carbocycles. The molecular formula is C28H24N2O4. The summed E-state index contributed by atoms with van der Waals surface area (Å²) in [7, 11) is 1.54.